The van der Waals surface area contributed by atoms with Crippen LogP contribution in [0, 0.1) is 11.8 Å². The number of benzene rings is 2. The van der Waals surface area contributed by atoms with Crippen LogP contribution in [0.3, 0.4) is 0 Å². The fourth-order valence-corrected chi connectivity index (χ4v) is 8.66. The molecule has 0 radical (unpaired) electrons. The lowest BCUT2D eigenvalue weighted by atomic mass is 9.85. The number of nitrogens with one attached hydrogen (secondary N) is 5. The maximum atomic E-state index is 13.8. The van der Waals surface area contributed by atoms with Crippen molar-refractivity contribution in [1.82, 2.24) is 35.6 Å². The Morgan fingerprint density at radius 3 is 1.63 bits per heavy atom. The monoisotopic (exact) mass is 1030 g/mol. The van der Waals surface area contributed by atoms with E-state index in [1.54, 1.807) is 50.7 Å². The van der Waals surface area contributed by atoms with Gasteiger partial charge < -0.3 is 41.9 Å². The van der Waals surface area contributed by atoms with Gasteiger partial charge in [0.15, 0.2) is 5.78 Å². The van der Waals surface area contributed by atoms with Crippen LogP contribution in [0.15, 0.2) is 48.5 Å². The molecule has 1 aliphatic rings. The predicted octanol–water partition coefficient (Wildman–Crippen LogP) is 3.11. The van der Waals surface area contributed by atoms with Crippen molar-refractivity contribution >= 4 is 87.7 Å². The summed E-state index contributed by atoms with van der Waals surface area (Å²) in [5.74, 6) is -4.09. The van der Waals surface area contributed by atoms with Crippen LogP contribution < -0.4 is 26.6 Å². The highest BCUT2D eigenvalue weighted by Gasteiger charge is 2.31. The van der Waals surface area contributed by atoms with Crippen LogP contribution in [0.25, 0.3) is 0 Å². The Kier molecular flexibility index (Phi) is 27.3. The van der Waals surface area contributed by atoms with Gasteiger partial charge in [0.05, 0.1) is 32.2 Å². The Labute approximate surface area is 426 Å². The van der Waals surface area contributed by atoms with Crippen molar-refractivity contribution in [2.45, 2.75) is 71.9 Å². The number of carboxylic acid groups (broad SMARTS) is 3. The zero-order valence-corrected chi connectivity index (χ0v) is 43.0. The number of carboxylic acids is 3. The lowest BCUT2D eigenvalue weighted by Crippen LogP contribution is -2.49. The topological polar surface area (TPSA) is 270 Å². The summed E-state index contributed by atoms with van der Waals surface area (Å²) in [6.07, 6.45) is 4.80. The first-order chi connectivity index (χ1) is 33.8. The van der Waals surface area contributed by atoms with Gasteiger partial charge in [0, 0.05) is 103 Å². The average molecular weight is 1030 g/mol. The number of thioether (sulfide) groups is 1. The molecule has 1 fully saturated rings. The van der Waals surface area contributed by atoms with Crippen LogP contribution in [0.2, 0.25) is 0 Å². The fraction of sp³-hybridized carbons (Fsp3) is 0.571. The minimum Gasteiger partial charge on any atom is -0.480 e. The maximum Gasteiger partial charge on any atom is 0.319 e. The van der Waals surface area contributed by atoms with E-state index in [1.165, 1.54) is 6.92 Å². The number of anilines is 2. The number of ketones is 1. The zero-order chi connectivity index (χ0) is 52.3. The van der Waals surface area contributed by atoms with Crippen LogP contribution in [-0.2, 0) is 46.5 Å². The number of Topliss-reactive ketones (excluding diaryl/α,β-unsaturated/α-hetero) is 1. The van der Waals surface area contributed by atoms with Crippen molar-refractivity contribution in [2.24, 2.45) is 11.8 Å². The molecule has 8 N–H and O–H groups in total. The summed E-state index contributed by atoms with van der Waals surface area (Å²) in [5.41, 5.74) is 2.93. The van der Waals surface area contributed by atoms with E-state index in [0.29, 0.717) is 68.9 Å². The lowest BCUT2D eigenvalue weighted by molar-refractivity contribution is -0.140. The van der Waals surface area contributed by atoms with Crippen LogP contribution in [0.1, 0.15) is 64.0 Å². The molecule has 2 aromatic carbocycles. The second kappa shape index (κ2) is 32.5. The third kappa shape index (κ3) is 24.9. The molecule has 3 rings (SSSR count). The standard InChI is InChI=1S/C49H73N9O11S2/c1-5-34(2)41(48(68)50-17-6-7-40(70)27-36-8-12-38(13-9-36)52-35(3)59)28-43(60)42(16-26-71-4)54-49(69)53-39-14-10-37(11-15-39)29-51-44(61)30-55-18-20-56(31-45(62)63)22-24-58(33-47(66)67)25-23-57(21-19-55)32-46(64)65/h8-15,34,41-42H,5-7,16-33H2,1-4H3,(H,50,68)(H,51,61)(H,52,59)(H,62,63)(H,64,65)(H,66,67)(H2,53,54,69)/t34-,41-,42-/m0/s1. The number of carbonyl (C=O) groups is 8. The SMILES string of the molecule is CC[C@H](C)[C@H](CC(=O)[C@H](CCSC)NC(=O)Nc1ccc(CNC(=O)CN2CCN(CC(=O)O)CCN(CC(=O)O)CCN(CC(=O)O)CC2)cc1)C(=O)NCCCC(=S)Cc1ccc(NC(C)=O)cc1. The summed E-state index contributed by atoms with van der Waals surface area (Å²) < 4.78 is 0. The minimum atomic E-state index is -1.04. The first-order valence-electron chi connectivity index (χ1n) is 24.0. The molecular weight excluding hydrogens is 955 g/mol. The molecule has 392 valence electrons. The van der Waals surface area contributed by atoms with Crippen LogP contribution in [-0.4, -0.2) is 190 Å². The zero-order valence-electron chi connectivity index (χ0n) is 41.4. The number of amides is 5. The number of nitrogens with zero attached hydrogens (tertiary/aromatic N) is 4. The average Bonchev–Trinajstić information content (AvgIpc) is 3.31. The van der Waals surface area contributed by atoms with Crippen molar-refractivity contribution in [3.63, 3.8) is 0 Å². The molecule has 22 heteroatoms. The summed E-state index contributed by atoms with van der Waals surface area (Å²) >= 11 is 7.14. The Hall–Kier alpha value is -5.52. The van der Waals surface area contributed by atoms with Gasteiger partial charge >= 0.3 is 23.9 Å². The van der Waals surface area contributed by atoms with E-state index in [2.05, 4.69) is 26.6 Å². The highest BCUT2D eigenvalue weighted by molar-refractivity contribution is 7.98. The molecule has 1 heterocycles. The van der Waals surface area contributed by atoms with Gasteiger partial charge in [0.25, 0.3) is 0 Å². The molecule has 0 aliphatic carbocycles. The Bertz CT molecular complexity index is 2050. The number of rotatable bonds is 28. The van der Waals surface area contributed by atoms with Crippen LogP contribution in [0.5, 0.6) is 0 Å². The van der Waals surface area contributed by atoms with Crippen molar-refractivity contribution in [1.29, 1.82) is 0 Å². The summed E-state index contributed by atoms with van der Waals surface area (Å²) in [5, 5.41) is 42.6. The van der Waals surface area contributed by atoms with Crippen molar-refractivity contribution in [3.05, 3.63) is 59.7 Å². The van der Waals surface area contributed by atoms with Crippen LogP contribution in [0.4, 0.5) is 16.2 Å². The van der Waals surface area contributed by atoms with Gasteiger partial charge in [-0.2, -0.15) is 11.8 Å². The summed E-state index contributed by atoms with van der Waals surface area (Å²) in [4.78, 5) is 108. The van der Waals surface area contributed by atoms with Gasteiger partial charge in [-0.05, 0) is 77.4 Å². The van der Waals surface area contributed by atoms with E-state index in [9.17, 15) is 53.7 Å². The molecule has 1 saturated heterocycles. The second-order valence-corrected chi connectivity index (χ2v) is 19.4. The number of hydrogen-bond donors (Lipinski definition) is 8. The third-order valence-corrected chi connectivity index (χ3v) is 13.1. The van der Waals surface area contributed by atoms with E-state index in [0.717, 1.165) is 16.0 Å². The molecule has 3 atom stereocenters. The number of thiocarbonyl (C=S) groups is 1. The molecule has 0 aromatic heterocycles. The molecule has 0 spiro atoms. The molecule has 5 amide bonds. The summed E-state index contributed by atoms with van der Waals surface area (Å²) in [7, 11) is 0. The van der Waals surface area contributed by atoms with Crippen LogP contribution >= 0.6 is 24.0 Å². The van der Waals surface area contributed by atoms with Gasteiger partial charge in [0.1, 0.15) is 0 Å². The Balaban J connectivity index is 1.53. The van der Waals surface area contributed by atoms with Gasteiger partial charge in [0.2, 0.25) is 17.7 Å². The van der Waals surface area contributed by atoms with Crippen molar-refractivity contribution in [2.75, 3.05) is 108 Å². The van der Waals surface area contributed by atoms with Gasteiger partial charge in [-0.15, -0.1) is 0 Å². The second-order valence-electron chi connectivity index (χ2n) is 17.8. The highest BCUT2D eigenvalue weighted by atomic mass is 32.2. The summed E-state index contributed by atoms with van der Waals surface area (Å²) in [6.45, 7) is 7.32. The van der Waals surface area contributed by atoms with Gasteiger partial charge in [-0.3, -0.25) is 53.2 Å². The molecule has 1 aliphatic heterocycles. The molecule has 20 nitrogen and oxygen atoms in total. The number of hydrogen-bond acceptors (Lipinski definition) is 14. The summed E-state index contributed by atoms with van der Waals surface area (Å²) in [6, 6.07) is 12.9. The normalized spacial score (nSPS) is 15.7. The van der Waals surface area contributed by atoms with E-state index in [-0.39, 0.29) is 108 Å². The van der Waals surface area contributed by atoms with Gasteiger partial charge in [-0.25, -0.2) is 4.79 Å². The molecule has 2 aromatic rings. The first kappa shape index (κ1) is 59.8. The Morgan fingerprint density at radius 2 is 1.17 bits per heavy atom. The molecule has 71 heavy (non-hydrogen) atoms. The Morgan fingerprint density at radius 1 is 0.690 bits per heavy atom. The predicted molar refractivity (Wildman–Crippen MR) is 278 cm³/mol. The molecule has 0 saturated carbocycles. The molecular formula is C49H73N9O11S2. The lowest BCUT2D eigenvalue weighted by Gasteiger charge is -2.32. The molecule has 0 unspecified atom stereocenters. The van der Waals surface area contributed by atoms with E-state index < -0.39 is 35.9 Å². The highest BCUT2D eigenvalue weighted by Crippen LogP contribution is 2.22. The number of carbonyl (C=O) groups excluding carboxylic acids is 5. The quantitative estimate of drug-likeness (QED) is 0.0449. The smallest absolute Gasteiger partial charge is 0.319 e. The number of urea groups is 1. The van der Waals surface area contributed by atoms with E-state index in [4.69, 9.17) is 12.2 Å². The maximum absolute atomic E-state index is 13.8. The largest absolute Gasteiger partial charge is 0.480 e. The van der Waals surface area contributed by atoms with Crippen molar-refractivity contribution < 1.29 is 53.7 Å². The van der Waals surface area contributed by atoms with E-state index in [1.807, 2.05) is 49.3 Å². The fourth-order valence-electron chi connectivity index (χ4n) is 7.87. The first-order valence-corrected chi connectivity index (χ1v) is 25.8. The van der Waals surface area contributed by atoms with Crippen molar-refractivity contribution in [3.8, 4) is 0 Å². The number of aliphatic carboxylic acids is 3. The van der Waals surface area contributed by atoms with Gasteiger partial charge in [-0.1, -0.05) is 56.8 Å². The molecule has 0 bridgehead atoms. The van der Waals surface area contributed by atoms with E-state index >= 15 is 0 Å². The third-order valence-electron chi connectivity index (χ3n) is 12.1. The minimum absolute atomic E-state index is 0.0351.